The lowest BCUT2D eigenvalue weighted by molar-refractivity contribution is -0.116. The number of halogens is 1. The Morgan fingerprint density at radius 2 is 1.65 bits per heavy atom. The summed E-state index contributed by atoms with van der Waals surface area (Å²) in [6, 6.07) is 15.7. The number of carbonyl (C=O) groups is 1. The Balaban J connectivity index is 1.89. The quantitative estimate of drug-likeness (QED) is 0.789. The van der Waals surface area contributed by atoms with E-state index in [0.717, 1.165) is 11.1 Å². The van der Waals surface area contributed by atoms with Crippen molar-refractivity contribution in [2.24, 2.45) is 0 Å². The molecule has 0 fully saturated rings. The van der Waals surface area contributed by atoms with E-state index >= 15 is 0 Å². The van der Waals surface area contributed by atoms with Crippen molar-refractivity contribution in [3.63, 3.8) is 0 Å². The molecule has 1 amide bonds. The topological polar surface area (TPSA) is 29.1 Å². The van der Waals surface area contributed by atoms with Crippen LogP contribution in [0.1, 0.15) is 37.5 Å². The van der Waals surface area contributed by atoms with E-state index in [1.54, 1.807) is 6.08 Å². The molecule has 2 aromatic rings. The van der Waals surface area contributed by atoms with Gasteiger partial charge in [-0.1, -0.05) is 68.8 Å². The summed E-state index contributed by atoms with van der Waals surface area (Å²) in [4.78, 5) is 11.9. The first kappa shape index (κ1) is 17.3. The van der Waals surface area contributed by atoms with Crippen LogP contribution in [-0.4, -0.2) is 5.91 Å². The van der Waals surface area contributed by atoms with E-state index in [-0.39, 0.29) is 11.3 Å². The first-order valence-corrected chi connectivity index (χ1v) is 8.03. The minimum absolute atomic E-state index is 0.111. The Labute approximate surface area is 143 Å². The second kappa shape index (κ2) is 7.47. The molecule has 2 aromatic carbocycles. The van der Waals surface area contributed by atoms with Gasteiger partial charge in [-0.15, -0.1) is 0 Å². The molecule has 0 saturated heterocycles. The number of hydrogen-bond donors (Lipinski definition) is 1. The van der Waals surface area contributed by atoms with Crippen LogP contribution in [0.2, 0.25) is 5.02 Å². The zero-order valence-electron chi connectivity index (χ0n) is 13.8. The lowest BCUT2D eigenvalue weighted by atomic mass is 9.87. The minimum atomic E-state index is -0.111. The molecule has 0 aliphatic heterocycles. The third kappa shape index (κ3) is 5.57. The van der Waals surface area contributed by atoms with Crippen molar-refractivity contribution in [1.29, 1.82) is 0 Å². The summed E-state index contributed by atoms with van der Waals surface area (Å²) >= 11 is 5.83. The van der Waals surface area contributed by atoms with E-state index in [4.69, 9.17) is 11.6 Å². The van der Waals surface area contributed by atoms with Crippen molar-refractivity contribution in [2.75, 3.05) is 0 Å². The van der Waals surface area contributed by atoms with Crippen LogP contribution in [0.15, 0.2) is 54.6 Å². The van der Waals surface area contributed by atoms with Crippen molar-refractivity contribution in [3.8, 4) is 0 Å². The fourth-order valence-electron chi connectivity index (χ4n) is 2.12. The molecule has 2 nitrogen and oxygen atoms in total. The van der Waals surface area contributed by atoms with Gasteiger partial charge in [-0.05, 0) is 40.3 Å². The third-order valence-electron chi connectivity index (χ3n) is 3.58. The summed E-state index contributed by atoms with van der Waals surface area (Å²) < 4.78 is 0. The van der Waals surface area contributed by atoms with E-state index in [1.165, 1.54) is 5.56 Å². The van der Waals surface area contributed by atoms with Crippen molar-refractivity contribution in [3.05, 3.63) is 76.3 Å². The van der Waals surface area contributed by atoms with Crippen LogP contribution in [0.5, 0.6) is 0 Å². The molecule has 0 saturated carbocycles. The van der Waals surface area contributed by atoms with Gasteiger partial charge < -0.3 is 5.32 Å². The van der Waals surface area contributed by atoms with Gasteiger partial charge in [-0.2, -0.15) is 0 Å². The van der Waals surface area contributed by atoms with E-state index in [2.05, 4.69) is 38.2 Å². The maximum absolute atomic E-state index is 11.9. The predicted molar refractivity (Wildman–Crippen MR) is 97.5 cm³/mol. The third-order valence-corrected chi connectivity index (χ3v) is 3.84. The van der Waals surface area contributed by atoms with E-state index in [0.29, 0.717) is 11.6 Å². The lowest BCUT2D eigenvalue weighted by Gasteiger charge is -2.18. The lowest BCUT2D eigenvalue weighted by Crippen LogP contribution is -2.20. The van der Waals surface area contributed by atoms with Crippen molar-refractivity contribution in [1.82, 2.24) is 5.32 Å². The second-order valence-electron chi connectivity index (χ2n) is 6.55. The number of rotatable bonds is 4. The van der Waals surface area contributed by atoms with E-state index < -0.39 is 0 Å². The molecular weight excluding hydrogens is 306 g/mol. The van der Waals surface area contributed by atoms with Crippen molar-refractivity contribution >= 4 is 23.6 Å². The SMILES string of the molecule is CC(C)(C)c1ccc(/C=C/C(=O)NCc2ccc(Cl)cc2)cc1. The molecule has 0 spiro atoms. The molecule has 0 aromatic heterocycles. The van der Waals surface area contributed by atoms with E-state index in [9.17, 15) is 4.79 Å². The van der Waals surface area contributed by atoms with Crippen LogP contribution < -0.4 is 5.32 Å². The molecule has 0 aliphatic carbocycles. The summed E-state index contributed by atoms with van der Waals surface area (Å²) in [5.41, 5.74) is 3.45. The van der Waals surface area contributed by atoms with Crippen LogP contribution in [0.25, 0.3) is 6.08 Å². The Kier molecular flexibility index (Phi) is 5.62. The van der Waals surface area contributed by atoms with Gasteiger partial charge in [-0.25, -0.2) is 0 Å². The molecule has 2 rings (SSSR count). The molecule has 0 bridgehead atoms. The summed E-state index contributed by atoms with van der Waals surface area (Å²) in [7, 11) is 0. The maximum atomic E-state index is 11.9. The first-order chi connectivity index (χ1) is 10.8. The van der Waals surface area contributed by atoms with Crippen LogP contribution in [0.3, 0.4) is 0 Å². The molecule has 0 heterocycles. The van der Waals surface area contributed by atoms with Gasteiger partial charge in [0.15, 0.2) is 0 Å². The Hall–Kier alpha value is -2.06. The van der Waals surface area contributed by atoms with Crippen LogP contribution >= 0.6 is 11.6 Å². The molecule has 3 heteroatoms. The molecule has 0 unspecified atom stereocenters. The predicted octanol–water partition coefficient (Wildman–Crippen LogP) is 4.97. The Morgan fingerprint density at radius 3 is 2.22 bits per heavy atom. The average molecular weight is 328 g/mol. The zero-order chi connectivity index (χ0) is 16.9. The van der Waals surface area contributed by atoms with Gasteiger partial charge in [0.1, 0.15) is 0 Å². The monoisotopic (exact) mass is 327 g/mol. The van der Waals surface area contributed by atoms with Crippen LogP contribution in [0, 0.1) is 0 Å². The number of nitrogens with one attached hydrogen (secondary N) is 1. The molecule has 0 radical (unpaired) electrons. The smallest absolute Gasteiger partial charge is 0.244 e. The number of benzene rings is 2. The molecule has 120 valence electrons. The van der Waals surface area contributed by atoms with Gasteiger partial charge in [0, 0.05) is 17.6 Å². The largest absolute Gasteiger partial charge is 0.348 e. The summed E-state index contributed by atoms with van der Waals surface area (Å²) in [5.74, 6) is -0.111. The molecule has 1 N–H and O–H groups in total. The van der Waals surface area contributed by atoms with Gasteiger partial charge >= 0.3 is 0 Å². The summed E-state index contributed by atoms with van der Waals surface area (Å²) in [6.45, 7) is 7.04. The Morgan fingerprint density at radius 1 is 1.04 bits per heavy atom. The maximum Gasteiger partial charge on any atom is 0.244 e. The normalized spacial score (nSPS) is 11.7. The van der Waals surface area contributed by atoms with E-state index in [1.807, 2.05) is 42.5 Å². The summed E-state index contributed by atoms with van der Waals surface area (Å²) in [6.07, 6.45) is 3.38. The minimum Gasteiger partial charge on any atom is -0.348 e. The Bertz CT molecular complexity index is 679. The van der Waals surface area contributed by atoms with Crippen LogP contribution in [-0.2, 0) is 16.8 Å². The molecule has 0 atom stereocenters. The fourth-order valence-corrected chi connectivity index (χ4v) is 2.24. The highest BCUT2D eigenvalue weighted by Crippen LogP contribution is 2.22. The van der Waals surface area contributed by atoms with Crippen molar-refractivity contribution < 1.29 is 4.79 Å². The highest BCUT2D eigenvalue weighted by molar-refractivity contribution is 6.30. The standard InChI is InChI=1S/C20H22ClNO/c1-20(2,3)17-9-4-15(5-10-17)8-13-19(23)22-14-16-6-11-18(21)12-7-16/h4-13H,14H2,1-3H3,(H,22,23)/b13-8+. The molecule has 23 heavy (non-hydrogen) atoms. The number of carbonyl (C=O) groups excluding carboxylic acids is 1. The number of hydrogen-bond acceptors (Lipinski definition) is 1. The first-order valence-electron chi connectivity index (χ1n) is 7.65. The fraction of sp³-hybridized carbons (Fsp3) is 0.250. The highest BCUT2D eigenvalue weighted by Gasteiger charge is 2.12. The molecule has 0 aliphatic rings. The van der Waals surface area contributed by atoms with Gasteiger partial charge in [0.05, 0.1) is 0 Å². The summed E-state index contributed by atoms with van der Waals surface area (Å²) in [5, 5.41) is 3.55. The second-order valence-corrected chi connectivity index (χ2v) is 6.99. The van der Waals surface area contributed by atoms with Crippen LogP contribution in [0.4, 0.5) is 0 Å². The van der Waals surface area contributed by atoms with Gasteiger partial charge in [0.25, 0.3) is 0 Å². The highest BCUT2D eigenvalue weighted by atomic mass is 35.5. The van der Waals surface area contributed by atoms with Crippen molar-refractivity contribution in [2.45, 2.75) is 32.7 Å². The van der Waals surface area contributed by atoms with Gasteiger partial charge in [-0.3, -0.25) is 4.79 Å². The molecular formula is C20H22ClNO. The zero-order valence-corrected chi connectivity index (χ0v) is 14.5. The number of amides is 1. The van der Waals surface area contributed by atoms with Gasteiger partial charge in [0.2, 0.25) is 5.91 Å². The average Bonchev–Trinajstić information content (AvgIpc) is 2.52.